The van der Waals surface area contributed by atoms with E-state index in [0.29, 0.717) is 32.1 Å². The molecule has 2 aliphatic heterocycles. The van der Waals surface area contributed by atoms with Crippen molar-refractivity contribution >= 4 is 29.2 Å². The van der Waals surface area contributed by atoms with Gasteiger partial charge in [-0.05, 0) is 50.7 Å². The van der Waals surface area contributed by atoms with Crippen LogP contribution in [0.1, 0.15) is 70.0 Å². The van der Waals surface area contributed by atoms with Crippen LogP contribution in [-0.2, 0) is 19.1 Å². The Balaban J connectivity index is 1.61. The highest BCUT2D eigenvalue weighted by molar-refractivity contribution is 7.09. The molecule has 1 aliphatic carbocycles. The molecule has 3 N–H and O–H groups in total. The molecule has 8 nitrogen and oxygen atoms in total. The molecule has 194 valence electrons. The number of hydrogen-bond acceptors (Lipinski definition) is 9. The smallest absolute Gasteiger partial charge is 0.309 e. The summed E-state index contributed by atoms with van der Waals surface area (Å²) in [6, 6.07) is 0. The number of Topliss-reactive ketones (excluding diaryl/α,β-unsaturated/α-hetero) is 1. The monoisotopic (exact) mass is 507 g/mol. The summed E-state index contributed by atoms with van der Waals surface area (Å²) in [4.78, 5) is 30.6. The Bertz CT molecular complexity index is 992. The van der Waals surface area contributed by atoms with Gasteiger partial charge in [0.2, 0.25) is 0 Å². The normalized spacial score (nSPS) is 41.1. The van der Waals surface area contributed by atoms with Crippen molar-refractivity contribution in [2.75, 3.05) is 6.61 Å². The number of nitrogens with zero attached hydrogens (tertiary/aromatic N) is 1. The number of thiazole rings is 1. The SMILES string of the molecule is C/C(=C\c1csc(C)n1)[C@@H]1C[C@@H]2O[C@]2(CO)CCC[C@@H]2C[C@@](C)(C(=O)[C@H](C)[C@H]2O)[C@@H](O)CC(=O)O1. The van der Waals surface area contributed by atoms with E-state index in [4.69, 9.17) is 9.47 Å². The standard InChI is InChI=1S/C26H37NO7S/c1-14(8-18-12-35-16(3)27-18)19-9-21-26(13-28,34-21)7-5-6-17-11-25(4,20(29)10-22(30)33-19)24(32)15(2)23(17)31/h8,12,15,17,19-21,23,28-29,31H,5-7,9-11,13H2,1-4H3/b14-8+/t15-,17-,19+,20+,21+,23-,25-,26+/m1/s1. The molecule has 2 bridgehead atoms. The first kappa shape index (κ1) is 26.4. The van der Waals surface area contributed by atoms with E-state index in [1.165, 1.54) is 11.3 Å². The second-order valence-electron chi connectivity index (χ2n) is 10.9. The number of aliphatic hydroxyl groups is 3. The predicted molar refractivity (Wildman–Crippen MR) is 131 cm³/mol. The van der Waals surface area contributed by atoms with Crippen LogP contribution in [0.25, 0.3) is 6.08 Å². The molecule has 1 saturated carbocycles. The van der Waals surface area contributed by atoms with Gasteiger partial charge in [-0.2, -0.15) is 0 Å². The molecule has 0 amide bonds. The molecule has 2 saturated heterocycles. The lowest BCUT2D eigenvalue weighted by Crippen LogP contribution is -2.54. The number of cyclic esters (lactones) is 1. The van der Waals surface area contributed by atoms with Crippen LogP contribution in [0.2, 0.25) is 0 Å². The average molecular weight is 508 g/mol. The Hall–Kier alpha value is -1.65. The molecule has 3 fully saturated rings. The minimum absolute atomic E-state index is 0.134. The van der Waals surface area contributed by atoms with Gasteiger partial charge in [0.05, 0.1) is 47.5 Å². The second-order valence-corrected chi connectivity index (χ2v) is 11.9. The maximum atomic E-state index is 13.1. The van der Waals surface area contributed by atoms with Crippen LogP contribution in [0.4, 0.5) is 0 Å². The fourth-order valence-corrected chi connectivity index (χ4v) is 6.49. The number of esters is 1. The molecular weight excluding hydrogens is 470 g/mol. The molecule has 1 aromatic rings. The fraction of sp³-hybridized carbons (Fsp3) is 0.731. The third kappa shape index (κ3) is 5.25. The topological polar surface area (TPSA) is 129 Å². The Kier molecular flexibility index (Phi) is 7.56. The summed E-state index contributed by atoms with van der Waals surface area (Å²) < 4.78 is 11.8. The van der Waals surface area contributed by atoms with E-state index < -0.39 is 41.2 Å². The number of hydrogen-bond donors (Lipinski definition) is 3. The van der Waals surface area contributed by atoms with Crippen molar-refractivity contribution in [3.05, 3.63) is 21.7 Å². The number of rotatable bonds is 3. The van der Waals surface area contributed by atoms with E-state index in [0.717, 1.165) is 16.3 Å². The molecule has 9 heteroatoms. The number of ether oxygens (including phenoxy) is 2. The molecule has 0 unspecified atom stereocenters. The van der Waals surface area contributed by atoms with Crippen molar-refractivity contribution in [1.82, 2.24) is 4.98 Å². The summed E-state index contributed by atoms with van der Waals surface area (Å²) in [5.74, 6) is -1.64. The van der Waals surface area contributed by atoms with Gasteiger partial charge in [-0.15, -0.1) is 11.3 Å². The molecule has 0 aromatic carbocycles. The Labute approximate surface area is 210 Å². The third-order valence-electron chi connectivity index (χ3n) is 8.32. The van der Waals surface area contributed by atoms with Crippen molar-refractivity contribution in [2.24, 2.45) is 17.3 Å². The summed E-state index contributed by atoms with van der Waals surface area (Å²) in [5, 5.41) is 34.8. The van der Waals surface area contributed by atoms with Crippen LogP contribution in [0, 0.1) is 24.2 Å². The average Bonchev–Trinajstić information content (AvgIpc) is 3.34. The van der Waals surface area contributed by atoms with E-state index in [-0.39, 0.29) is 30.8 Å². The molecule has 3 aliphatic rings. The maximum Gasteiger partial charge on any atom is 0.309 e. The van der Waals surface area contributed by atoms with E-state index in [1.807, 2.05) is 25.3 Å². The zero-order valence-electron chi connectivity index (χ0n) is 20.9. The number of fused-ring (bicyclic) bond motifs is 3. The summed E-state index contributed by atoms with van der Waals surface area (Å²) >= 11 is 1.53. The molecular formula is C26H37NO7S. The summed E-state index contributed by atoms with van der Waals surface area (Å²) in [5.41, 5.74) is -0.247. The highest BCUT2D eigenvalue weighted by Crippen LogP contribution is 2.48. The summed E-state index contributed by atoms with van der Waals surface area (Å²) in [6.07, 6.45) is 1.34. The van der Waals surface area contributed by atoms with Crippen molar-refractivity contribution in [3.8, 4) is 0 Å². The number of epoxide rings is 1. The number of aryl methyl sites for hydroxylation is 1. The Morgan fingerprint density at radius 3 is 2.74 bits per heavy atom. The molecule has 35 heavy (non-hydrogen) atoms. The van der Waals surface area contributed by atoms with Gasteiger partial charge in [0.1, 0.15) is 17.5 Å². The molecule has 0 radical (unpaired) electrons. The zero-order chi connectivity index (χ0) is 25.5. The van der Waals surface area contributed by atoms with E-state index in [1.54, 1.807) is 13.8 Å². The Morgan fingerprint density at radius 2 is 2.09 bits per heavy atom. The van der Waals surface area contributed by atoms with Gasteiger partial charge in [0.25, 0.3) is 0 Å². The van der Waals surface area contributed by atoms with Crippen LogP contribution in [-0.4, -0.2) is 68.7 Å². The summed E-state index contributed by atoms with van der Waals surface area (Å²) in [7, 11) is 0. The summed E-state index contributed by atoms with van der Waals surface area (Å²) in [6.45, 7) is 7.04. The van der Waals surface area contributed by atoms with Crippen LogP contribution in [0.3, 0.4) is 0 Å². The third-order valence-corrected chi connectivity index (χ3v) is 9.12. The van der Waals surface area contributed by atoms with Gasteiger partial charge >= 0.3 is 5.97 Å². The largest absolute Gasteiger partial charge is 0.458 e. The first-order chi connectivity index (χ1) is 16.5. The highest BCUT2D eigenvalue weighted by Gasteiger charge is 2.57. The number of aliphatic hydroxyl groups excluding tert-OH is 3. The molecule has 0 spiro atoms. The van der Waals surface area contributed by atoms with Gasteiger partial charge in [0.15, 0.2) is 0 Å². The lowest BCUT2D eigenvalue weighted by atomic mass is 9.60. The van der Waals surface area contributed by atoms with Gasteiger partial charge in [-0.1, -0.05) is 20.3 Å². The molecule has 3 heterocycles. The number of carbonyl (C=O) groups is 2. The Morgan fingerprint density at radius 1 is 1.34 bits per heavy atom. The number of aromatic nitrogens is 1. The first-order valence-corrected chi connectivity index (χ1v) is 13.4. The zero-order valence-corrected chi connectivity index (χ0v) is 21.7. The second kappa shape index (κ2) is 10.0. The maximum absolute atomic E-state index is 13.1. The minimum Gasteiger partial charge on any atom is -0.458 e. The molecule has 4 rings (SSSR count). The van der Waals surface area contributed by atoms with E-state index in [2.05, 4.69) is 4.98 Å². The van der Waals surface area contributed by atoms with Crippen LogP contribution >= 0.6 is 11.3 Å². The van der Waals surface area contributed by atoms with Gasteiger partial charge < -0.3 is 24.8 Å². The van der Waals surface area contributed by atoms with Crippen LogP contribution < -0.4 is 0 Å². The van der Waals surface area contributed by atoms with Crippen LogP contribution in [0.5, 0.6) is 0 Å². The van der Waals surface area contributed by atoms with Crippen molar-refractivity contribution in [2.45, 2.75) is 96.2 Å². The van der Waals surface area contributed by atoms with Crippen molar-refractivity contribution in [3.63, 3.8) is 0 Å². The lowest BCUT2D eigenvalue weighted by Gasteiger charge is -2.45. The lowest BCUT2D eigenvalue weighted by molar-refractivity contribution is -0.161. The van der Waals surface area contributed by atoms with Crippen LogP contribution in [0.15, 0.2) is 11.0 Å². The van der Waals surface area contributed by atoms with Gasteiger partial charge in [0, 0.05) is 17.7 Å². The fourth-order valence-electron chi connectivity index (χ4n) is 5.92. The highest BCUT2D eigenvalue weighted by atomic mass is 32.1. The quantitative estimate of drug-likeness (QED) is 0.421. The number of carbonyl (C=O) groups excluding carboxylic acids is 2. The molecule has 1 aromatic heterocycles. The van der Waals surface area contributed by atoms with E-state index >= 15 is 0 Å². The van der Waals surface area contributed by atoms with Crippen molar-refractivity contribution < 1.29 is 34.4 Å². The predicted octanol–water partition coefficient (Wildman–Crippen LogP) is 2.81. The molecule has 8 atom stereocenters. The minimum atomic E-state index is -1.21. The first-order valence-electron chi connectivity index (χ1n) is 12.5. The van der Waals surface area contributed by atoms with Gasteiger partial charge in [-0.3, -0.25) is 9.59 Å². The number of ketones is 1. The van der Waals surface area contributed by atoms with Gasteiger partial charge in [-0.25, -0.2) is 4.98 Å². The van der Waals surface area contributed by atoms with Crippen molar-refractivity contribution in [1.29, 1.82) is 0 Å². The van der Waals surface area contributed by atoms with E-state index in [9.17, 15) is 24.9 Å².